The summed E-state index contributed by atoms with van der Waals surface area (Å²) in [5.41, 5.74) is 3.10. The van der Waals surface area contributed by atoms with Crippen molar-refractivity contribution in [3.8, 4) is 11.5 Å². The van der Waals surface area contributed by atoms with Crippen molar-refractivity contribution < 1.29 is 13.9 Å². The van der Waals surface area contributed by atoms with Crippen LogP contribution in [0, 0.1) is 22.6 Å². The molecule has 2 atom stereocenters. The maximum atomic E-state index is 13.2. The summed E-state index contributed by atoms with van der Waals surface area (Å²) in [5, 5.41) is 4.65. The van der Waals surface area contributed by atoms with Crippen molar-refractivity contribution in [2.75, 3.05) is 6.61 Å². The smallest absolute Gasteiger partial charge is 0.163 e. The zero-order chi connectivity index (χ0) is 23.3. The van der Waals surface area contributed by atoms with Gasteiger partial charge in [-0.3, -0.25) is 0 Å². The van der Waals surface area contributed by atoms with Gasteiger partial charge in [0.25, 0.3) is 0 Å². The fourth-order valence-corrected chi connectivity index (χ4v) is 7.98. The lowest BCUT2D eigenvalue weighted by Crippen LogP contribution is -2.63. The zero-order valence-electron chi connectivity index (χ0n) is 20.0. The summed E-state index contributed by atoms with van der Waals surface area (Å²) in [6, 6.07) is 10.2. The van der Waals surface area contributed by atoms with Crippen LogP contribution >= 0.6 is 11.6 Å². The molecule has 33 heavy (non-hydrogen) atoms. The van der Waals surface area contributed by atoms with Crippen LogP contribution in [-0.2, 0) is 13.2 Å². The third-order valence-corrected chi connectivity index (χ3v) is 8.35. The van der Waals surface area contributed by atoms with E-state index < -0.39 is 0 Å². The van der Waals surface area contributed by atoms with Crippen molar-refractivity contribution in [1.82, 2.24) is 5.32 Å². The maximum absolute atomic E-state index is 13.2. The number of hydrogen-bond acceptors (Lipinski definition) is 3. The minimum absolute atomic E-state index is 0.218. The summed E-state index contributed by atoms with van der Waals surface area (Å²) in [6.45, 7) is 8.57. The van der Waals surface area contributed by atoms with E-state index in [2.05, 4.69) is 19.2 Å². The van der Waals surface area contributed by atoms with Crippen LogP contribution in [0.2, 0.25) is 5.02 Å². The van der Waals surface area contributed by atoms with Gasteiger partial charge in [-0.15, -0.1) is 0 Å². The first-order chi connectivity index (χ1) is 15.7. The molecule has 2 unspecified atom stereocenters. The quantitative estimate of drug-likeness (QED) is 0.438. The minimum Gasteiger partial charge on any atom is -0.490 e. The number of hydrogen-bond donors (Lipinski definition) is 1. The SMILES string of the molecule is CCOc1cc(CNC23CC4CC(C)(CC(C)(C4)C2)C3)c(Cl)cc1OCc1ccc(F)cc1. The predicted molar refractivity (Wildman–Crippen MR) is 130 cm³/mol. The van der Waals surface area contributed by atoms with E-state index in [0.29, 0.717) is 40.6 Å². The number of ether oxygens (including phenoxy) is 2. The second-order valence-electron chi connectivity index (χ2n) is 11.5. The van der Waals surface area contributed by atoms with Gasteiger partial charge in [0.2, 0.25) is 0 Å². The van der Waals surface area contributed by atoms with Crippen LogP contribution < -0.4 is 14.8 Å². The van der Waals surface area contributed by atoms with Crippen molar-refractivity contribution in [1.29, 1.82) is 0 Å². The molecule has 1 N–H and O–H groups in total. The average molecular weight is 472 g/mol. The molecule has 4 bridgehead atoms. The molecule has 4 aliphatic rings. The second-order valence-corrected chi connectivity index (χ2v) is 11.9. The molecule has 0 radical (unpaired) electrons. The van der Waals surface area contributed by atoms with Crippen molar-refractivity contribution in [2.24, 2.45) is 16.7 Å². The zero-order valence-corrected chi connectivity index (χ0v) is 20.7. The molecular weight excluding hydrogens is 437 g/mol. The van der Waals surface area contributed by atoms with E-state index in [1.807, 2.05) is 19.1 Å². The molecule has 0 heterocycles. The lowest BCUT2D eigenvalue weighted by Gasteiger charge is -2.65. The van der Waals surface area contributed by atoms with Crippen molar-refractivity contribution in [3.05, 3.63) is 58.4 Å². The molecule has 0 amide bonds. The Kier molecular flexibility index (Phi) is 5.89. The maximum Gasteiger partial charge on any atom is 0.163 e. The normalized spacial score (nSPS) is 32.2. The average Bonchev–Trinajstić information content (AvgIpc) is 2.71. The Balaban J connectivity index is 1.31. The highest BCUT2D eigenvalue weighted by atomic mass is 35.5. The van der Waals surface area contributed by atoms with Crippen LogP contribution in [0.1, 0.15) is 70.4 Å². The summed E-state index contributed by atoms with van der Waals surface area (Å²) in [6.07, 6.45) is 7.97. The van der Waals surface area contributed by atoms with E-state index >= 15 is 0 Å². The van der Waals surface area contributed by atoms with Gasteiger partial charge in [-0.05, 0) is 91.5 Å². The molecule has 178 valence electrons. The first-order valence-electron chi connectivity index (χ1n) is 12.3. The van der Waals surface area contributed by atoms with Crippen molar-refractivity contribution >= 4 is 11.6 Å². The van der Waals surface area contributed by atoms with Gasteiger partial charge in [0, 0.05) is 23.2 Å². The molecule has 6 rings (SSSR count). The lowest BCUT2D eigenvalue weighted by atomic mass is 9.43. The molecule has 3 nitrogen and oxygen atoms in total. The number of benzene rings is 2. The molecule has 4 saturated carbocycles. The van der Waals surface area contributed by atoms with Gasteiger partial charge < -0.3 is 14.8 Å². The third-order valence-electron chi connectivity index (χ3n) is 8.00. The first kappa shape index (κ1) is 23.0. The second kappa shape index (κ2) is 8.46. The van der Waals surface area contributed by atoms with E-state index in [4.69, 9.17) is 21.1 Å². The van der Waals surface area contributed by atoms with Gasteiger partial charge in [-0.25, -0.2) is 4.39 Å². The predicted octanol–water partition coefficient (Wildman–Crippen LogP) is 7.30. The van der Waals surface area contributed by atoms with Gasteiger partial charge in [0.05, 0.1) is 6.61 Å². The standard InChI is InChI=1S/C28H35ClFNO2/c1-4-32-24-9-21(23(29)10-25(24)33-15-19-5-7-22(30)8-6-19)14-31-28-13-20-11-26(2,17-28)16-27(3,12-20)18-28/h5-10,20,31H,4,11-18H2,1-3H3. The molecular formula is C28H35ClFNO2. The Morgan fingerprint density at radius 1 is 0.970 bits per heavy atom. The van der Waals surface area contributed by atoms with Gasteiger partial charge in [0.1, 0.15) is 12.4 Å². The third kappa shape index (κ3) is 4.74. The van der Waals surface area contributed by atoms with Gasteiger partial charge in [-0.1, -0.05) is 37.6 Å². The monoisotopic (exact) mass is 471 g/mol. The van der Waals surface area contributed by atoms with Gasteiger partial charge in [0.15, 0.2) is 11.5 Å². The van der Waals surface area contributed by atoms with Crippen molar-refractivity contribution in [3.63, 3.8) is 0 Å². The summed E-state index contributed by atoms with van der Waals surface area (Å²) in [7, 11) is 0. The van der Waals surface area contributed by atoms with Crippen molar-refractivity contribution in [2.45, 2.75) is 78.0 Å². The summed E-state index contributed by atoms with van der Waals surface area (Å²) in [4.78, 5) is 0. The molecule has 4 fully saturated rings. The Bertz CT molecular complexity index is 1010. The van der Waals surface area contributed by atoms with Gasteiger partial charge >= 0.3 is 0 Å². The van der Waals surface area contributed by atoms with E-state index in [0.717, 1.165) is 23.6 Å². The lowest BCUT2D eigenvalue weighted by molar-refractivity contribution is -0.118. The highest BCUT2D eigenvalue weighted by molar-refractivity contribution is 6.31. The molecule has 0 saturated heterocycles. The number of nitrogens with one attached hydrogen (secondary N) is 1. The van der Waals surface area contributed by atoms with Crippen LogP contribution in [0.15, 0.2) is 36.4 Å². The number of rotatable bonds is 8. The largest absolute Gasteiger partial charge is 0.490 e. The van der Waals surface area contributed by atoms with E-state index in [1.165, 1.54) is 50.7 Å². The number of halogens is 2. The van der Waals surface area contributed by atoms with Crippen LogP contribution in [-0.4, -0.2) is 12.1 Å². The summed E-state index contributed by atoms with van der Waals surface area (Å²) in [5.74, 6) is 1.91. The minimum atomic E-state index is -0.254. The molecule has 0 spiro atoms. The van der Waals surface area contributed by atoms with E-state index in [9.17, 15) is 4.39 Å². The van der Waals surface area contributed by atoms with Crippen LogP contribution in [0.5, 0.6) is 11.5 Å². The fourth-order valence-electron chi connectivity index (χ4n) is 7.76. The van der Waals surface area contributed by atoms with E-state index in [-0.39, 0.29) is 11.4 Å². The Morgan fingerprint density at radius 3 is 2.27 bits per heavy atom. The highest BCUT2D eigenvalue weighted by Crippen LogP contribution is 2.66. The first-order valence-corrected chi connectivity index (χ1v) is 12.6. The Hall–Kier alpha value is -1.78. The Morgan fingerprint density at radius 2 is 1.64 bits per heavy atom. The van der Waals surface area contributed by atoms with Crippen LogP contribution in [0.4, 0.5) is 4.39 Å². The van der Waals surface area contributed by atoms with Crippen LogP contribution in [0.25, 0.3) is 0 Å². The van der Waals surface area contributed by atoms with Crippen LogP contribution in [0.3, 0.4) is 0 Å². The summed E-state index contributed by atoms with van der Waals surface area (Å²) >= 11 is 6.72. The van der Waals surface area contributed by atoms with Gasteiger partial charge in [-0.2, -0.15) is 0 Å². The van der Waals surface area contributed by atoms with E-state index in [1.54, 1.807) is 12.1 Å². The Labute approximate surface area is 202 Å². The molecule has 5 heteroatoms. The summed E-state index contributed by atoms with van der Waals surface area (Å²) < 4.78 is 25.1. The molecule has 2 aromatic rings. The molecule has 4 aliphatic carbocycles. The fraction of sp³-hybridized carbons (Fsp3) is 0.571. The highest BCUT2D eigenvalue weighted by Gasteiger charge is 2.59. The molecule has 0 aromatic heterocycles. The molecule has 2 aromatic carbocycles. The molecule has 0 aliphatic heterocycles. The topological polar surface area (TPSA) is 30.5 Å².